The van der Waals surface area contributed by atoms with Crippen molar-refractivity contribution in [3.8, 4) is 16.9 Å². The van der Waals surface area contributed by atoms with Crippen LogP contribution in [0.15, 0.2) is 48.7 Å². The third-order valence-electron chi connectivity index (χ3n) is 5.97. The molecule has 2 aromatic carbocycles. The SMILES string of the molecule is COC(=O)CCc1ccc(OCC2CCCCC2)c(-c2cccc3[nH]ccc23)c1. The summed E-state index contributed by atoms with van der Waals surface area (Å²) >= 11 is 0. The van der Waals surface area contributed by atoms with Crippen molar-refractivity contribution in [3.63, 3.8) is 0 Å². The van der Waals surface area contributed by atoms with Gasteiger partial charge in [-0.2, -0.15) is 0 Å². The Morgan fingerprint density at radius 1 is 1.07 bits per heavy atom. The zero-order valence-electron chi connectivity index (χ0n) is 17.1. The van der Waals surface area contributed by atoms with Crippen LogP contribution in [0.4, 0.5) is 0 Å². The minimum absolute atomic E-state index is 0.183. The van der Waals surface area contributed by atoms with E-state index >= 15 is 0 Å². The molecule has 1 N–H and O–H groups in total. The quantitative estimate of drug-likeness (QED) is 0.510. The molecule has 1 aliphatic carbocycles. The summed E-state index contributed by atoms with van der Waals surface area (Å²) in [5.41, 5.74) is 4.47. The van der Waals surface area contributed by atoms with E-state index in [2.05, 4.69) is 47.4 Å². The van der Waals surface area contributed by atoms with Crippen molar-refractivity contribution in [2.24, 2.45) is 5.92 Å². The lowest BCUT2D eigenvalue weighted by Gasteiger charge is -2.23. The Morgan fingerprint density at radius 2 is 1.93 bits per heavy atom. The molecule has 3 aromatic rings. The average Bonchev–Trinajstić information content (AvgIpc) is 3.26. The minimum Gasteiger partial charge on any atom is -0.493 e. The number of H-pyrrole nitrogens is 1. The first-order chi connectivity index (χ1) is 14.2. The molecule has 4 heteroatoms. The molecule has 0 spiro atoms. The molecular weight excluding hydrogens is 362 g/mol. The molecule has 0 radical (unpaired) electrons. The zero-order valence-corrected chi connectivity index (χ0v) is 17.1. The second-order valence-electron chi connectivity index (χ2n) is 7.97. The van der Waals surface area contributed by atoms with Crippen molar-refractivity contribution in [3.05, 3.63) is 54.2 Å². The van der Waals surface area contributed by atoms with Gasteiger partial charge in [0.15, 0.2) is 0 Å². The predicted octanol–water partition coefficient (Wildman–Crippen LogP) is 5.90. The van der Waals surface area contributed by atoms with Crippen LogP contribution >= 0.6 is 0 Å². The van der Waals surface area contributed by atoms with Gasteiger partial charge in [-0.25, -0.2) is 0 Å². The lowest BCUT2D eigenvalue weighted by atomic mass is 9.90. The number of ether oxygens (including phenoxy) is 2. The fourth-order valence-corrected chi connectivity index (χ4v) is 4.30. The number of rotatable bonds is 7. The maximum atomic E-state index is 11.6. The van der Waals surface area contributed by atoms with E-state index in [1.807, 2.05) is 6.20 Å². The molecule has 1 heterocycles. The number of aryl methyl sites for hydroxylation is 1. The van der Waals surface area contributed by atoms with Crippen LogP contribution in [-0.2, 0) is 16.0 Å². The largest absolute Gasteiger partial charge is 0.493 e. The number of carbonyl (C=O) groups is 1. The number of carbonyl (C=O) groups excluding carboxylic acids is 1. The number of esters is 1. The van der Waals surface area contributed by atoms with Crippen molar-refractivity contribution in [1.82, 2.24) is 4.98 Å². The van der Waals surface area contributed by atoms with Crippen molar-refractivity contribution >= 4 is 16.9 Å². The third-order valence-corrected chi connectivity index (χ3v) is 5.97. The molecule has 0 bridgehead atoms. The molecule has 0 saturated heterocycles. The normalized spacial score (nSPS) is 14.8. The van der Waals surface area contributed by atoms with Gasteiger partial charge in [0.1, 0.15) is 5.75 Å². The second kappa shape index (κ2) is 9.17. The molecule has 0 unspecified atom stereocenters. The molecule has 0 aliphatic heterocycles. The van der Waals surface area contributed by atoms with Crippen LogP contribution < -0.4 is 4.74 Å². The van der Waals surface area contributed by atoms with Gasteiger partial charge in [0.25, 0.3) is 0 Å². The van der Waals surface area contributed by atoms with Gasteiger partial charge in [0, 0.05) is 29.1 Å². The van der Waals surface area contributed by atoms with E-state index in [4.69, 9.17) is 9.47 Å². The van der Waals surface area contributed by atoms with E-state index in [0.717, 1.165) is 34.6 Å². The molecule has 1 fully saturated rings. The van der Waals surface area contributed by atoms with Crippen LogP contribution in [0.5, 0.6) is 5.75 Å². The summed E-state index contributed by atoms with van der Waals surface area (Å²) in [4.78, 5) is 14.9. The highest BCUT2D eigenvalue weighted by atomic mass is 16.5. The fourth-order valence-electron chi connectivity index (χ4n) is 4.30. The van der Waals surface area contributed by atoms with E-state index in [1.165, 1.54) is 44.6 Å². The zero-order chi connectivity index (χ0) is 20.1. The van der Waals surface area contributed by atoms with Gasteiger partial charge in [-0.05, 0) is 60.6 Å². The predicted molar refractivity (Wildman–Crippen MR) is 116 cm³/mol. The van der Waals surface area contributed by atoms with Crippen LogP contribution in [0, 0.1) is 5.92 Å². The van der Waals surface area contributed by atoms with E-state index in [9.17, 15) is 4.79 Å². The van der Waals surface area contributed by atoms with Crippen molar-refractivity contribution in [1.29, 1.82) is 0 Å². The molecule has 1 saturated carbocycles. The van der Waals surface area contributed by atoms with Gasteiger partial charge in [0.05, 0.1) is 13.7 Å². The summed E-state index contributed by atoms with van der Waals surface area (Å²) in [5, 5.41) is 1.18. The number of hydrogen-bond acceptors (Lipinski definition) is 3. The van der Waals surface area contributed by atoms with Gasteiger partial charge < -0.3 is 14.5 Å². The molecule has 1 aliphatic rings. The fraction of sp³-hybridized carbons (Fsp3) is 0.400. The smallest absolute Gasteiger partial charge is 0.305 e. The third kappa shape index (κ3) is 4.64. The van der Waals surface area contributed by atoms with Crippen LogP contribution in [-0.4, -0.2) is 24.7 Å². The average molecular weight is 392 g/mol. The van der Waals surface area contributed by atoms with E-state index in [1.54, 1.807) is 0 Å². The van der Waals surface area contributed by atoms with Crippen LogP contribution in [0.3, 0.4) is 0 Å². The second-order valence-corrected chi connectivity index (χ2v) is 7.97. The number of fused-ring (bicyclic) bond motifs is 1. The van der Waals surface area contributed by atoms with Crippen LogP contribution in [0.2, 0.25) is 0 Å². The molecule has 0 atom stereocenters. The Kier molecular flexibility index (Phi) is 6.18. The van der Waals surface area contributed by atoms with Crippen LogP contribution in [0.25, 0.3) is 22.0 Å². The monoisotopic (exact) mass is 391 g/mol. The van der Waals surface area contributed by atoms with Crippen LogP contribution in [0.1, 0.15) is 44.1 Å². The Balaban J connectivity index is 1.64. The maximum absolute atomic E-state index is 11.6. The van der Waals surface area contributed by atoms with Gasteiger partial charge in [-0.3, -0.25) is 4.79 Å². The number of aromatic nitrogens is 1. The first-order valence-electron chi connectivity index (χ1n) is 10.6. The van der Waals surface area contributed by atoms with Gasteiger partial charge in [-0.1, -0.05) is 37.5 Å². The molecular formula is C25H29NO3. The first-order valence-corrected chi connectivity index (χ1v) is 10.6. The van der Waals surface area contributed by atoms with Gasteiger partial charge >= 0.3 is 5.97 Å². The Morgan fingerprint density at radius 3 is 2.76 bits per heavy atom. The number of benzene rings is 2. The topological polar surface area (TPSA) is 51.3 Å². The Labute approximate surface area is 172 Å². The highest BCUT2D eigenvalue weighted by molar-refractivity contribution is 5.96. The Bertz CT molecular complexity index is 969. The summed E-state index contributed by atoms with van der Waals surface area (Å²) < 4.78 is 11.2. The maximum Gasteiger partial charge on any atom is 0.305 e. The summed E-state index contributed by atoms with van der Waals surface area (Å²) in [6.07, 6.45) is 9.52. The Hall–Kier alpha value is -2.75. The number of aromatic amines is 1. The number of methoxy groups -OCH3 is 1. The van der Waals surface area contributed by atoms with Crippen molar-refractivity contribution in [2.45, 2.75) is 44.9 Å². The molecule has 0 amide bonds. The first kappa shape index (κ1) is 19.6. The highest BCUT2D eigenvalue weighted by Crippen LogP contribution is 2.37. The van der Waals surface area contributed by atoms with Gasteiger partial charge in [-0.15, -0.1) is 0 Å². The molecule has 152 valence electrons. The van der Waals surface area contributed by atoms with Crippen molar-refractivity contribution < 1.29 is 14.3 Å². The standard InChI is InChI=1S/C25H29NO3/c1-28-25(27)13-11-18-10-12-24(29-17-19-6-3-2-4-7-19)22(16-18)20-8-5-9-23-21(20)14-15-26-23/h5,8-10,12,14-16,19,26H,2-4,6-7,11,13,17H2,1H3. The summed E-state index contributed by atoms with van der Waals surface area (Å²) in [6, 6.07) is 14.7. The molecule has 4 rings (SSSR count). The molecule has 29 heavy (non-hydrogen) atoms. The lowest BCUT2D eigenvalue weighted by Crippen LogP contribution is -2.15. The van der Waals surface area contributed by atoms with Crippen molar-refractivity contribution in [2.75, 3.05) is 13.7 Å². The van der Waals surface area contributed by atoms with E-state index in [-0.39, 0.29) is 5.97 Å². The minimum atomic E-state index is -0.183. The molecule has 1 aromatic heterocycles. The van der Waals surface area contributed by atoms with E-state index < -0.39 is 0 Å². The number of hydrogen-bond donors (Lipinski definition) is 1. The summed E-state index contributed by atoms with van der Waals surface area (Å²) in [6.45, 7) is 0.775. The highest BCUT2D eigenvalue weighted by Gasteiger charge is 2.17. The van der Waals surface area contributed by atoms with E-state index in [0.29, 0.717) is 18.8 Å². The summed E-state index contributed by atoms with van der Waals surface area (Å²) in [7, 11) is 1.43. The summed E-state index contributed by atoms with van der Waals surface area (Å²) in [5.74, 6) is 1.39. The number of nitrogens with one attached hydrogen (secondary N) is 1. The molecule has 4 nitrogen and oxygen atoms in total. The van der Waals surface area contributed by atoms with Gasteiger partial charge in [0.2, 0.25) is 0 Å². The lowest BCUT2D eigenvalue weighted by molar-refractivity contribution is -0.140.